The fourth-order valence-corrected chi connectivity index (χ4v) is 2.99. The summed E-state index contributed by atoms with van der Waals surface area (Å²) >= 11 is 14.3. The van der Waals surface area contributed by atoms with E-state index in [0.29, 0.717) is 15.2 Å². The molecule has 2 aromatic carbocycles. The number of nitrogens with two attached hydrogens (primary N) is 1. The van der Waals surface area contributed by atoms with Crippen molar-refractivity contribution >= 4 is 66.5 Å². The molecule has 5 N–H and O–H groups in total. The molecule has 0 atom stereocenters. The zero-order valence-electron chi connectivity index (χ0n) is 12.4. The van der Waals surface area contributed by atoms with Gasteiger partial charge >= 0.3 is 0 Å². The smallest absolute Gasteiger partial charge is 0.271 e. The first-order chi connectivity index (χ1) is 11.7. The first-order valence-corrected chi connectivity index (χ1v) is 9.74. The Balaban J connectivity index is 1.94. The average molecular weight is 464 g/mol. The molecule has 0 aliphatic carbocycles. The Kier molecular flexibility index (Phi) is 6.36. The number of amides is 1. The van der Waals surface area contributed by atoms with Crippen LogP contribution in [-0.4, -0.2) is 19.4 Å². The molecule has 0 radical (unpaired) electrons. The minimum Gasteiger partial charge on any atom is -0.331 e. The maximum atomic E-state index is 12.1. The number of halogens is 2. The van der Waals surface area contributed by atoms with Crippen LogP contribution in [0, 0.1) is 0 Å². The maximum Gasteiger partial charge on any atom is 0.271 e. The van der Waals surface area contributed by atoms with Crippen LogP contribution in [-0.2, 0) is 10.0 Å². The summed E-state index contributed by atoms with van der Waals surface area (Å²) in [6, 6.07) is 10.5. The second-order valence-corrected chi connectivity index (χ2v) is 8.02. The Morgan fingerprint density at radius 2 is 1.76 bits per heavy atom. The molecule has 11 heteroatoms. The molecule has 0 saturated heterocycles. The lowest BCUT2D eigenvalue weighted by atomic mass is 10.2. The van der Waals surface area contributed by atoms with Gasteiger partial charge in [-0.3, -0.25) is 15.6 Å². The number of benzene rings is 2. The SMILES string of the molecule is NS(=O)(=O)c1ccc(NC(=S)NNC(=O)c2cc(Br)ccc2Cl)cc1. The Bertz CT molecular complexity index is 920. The molecule has 0 spiro atoms. The van der Waals surface area contributed by atoms with Gasteiger partial charge < -0.3 is 5.32 Å². The molecule has 2 rings (SSSR count). The summed E-state index contributed by atoms with van der Waals surface area (Å²) in [4.78, 5) is 12.1. The molecular weight excluding hydrogens is 452 g/mol. The number of hydrogen-bond donors (Lipinski definition) is 4. The van der Waals surface area contributed by atoms with Gasteiger partial charge in [0.15, 0.2) is 5.11 Å². The summed E-state index contributed by atoms with van der Waals surface area (Å²) in [6.45, 7) is 0. The standard InChI is InChI=1S/C14H12BrClN4O3S2/c15-8-1-6-12(16)11(7-8)13(21)19-20-14(24)18-9-2-4-10(5-3-9)25(17,22)23/h1-7H,(H,19,21)(H2,17,22,23)(H2,18,20,24). The molecule has 0 aliphatic rings. The quantitative estimate of drug-likeness (QED) is 0.411. The molecule has 0 bridgehead atoms. The van der Waals surface area contributed by atoms with E-state index in [1.165, 1.54) is 24.3 Å². The number of hydrazine groups is 1. The normalized spacial score (nSPS) is 10.8. The first kappa shape index (κ1) is 19.6. The highest BCUT2D eigenvalue weighted by atomic mass is 79.9. The fraction of sp³-hybridized carbons (Fsp3) is 0. The van der Waals surface area contributed by atoms with Gasteiger partial charge in [0.05, 0.1) is 15.5 Å². The van der Waals surface area contributed by atoms with Crippen LogP contribution < -0.4 is 21.3 Å². The minimum absolute atomic E-state index is 0.0190. The van der Waals surface area contributed by atoms with Crippen molar-refractivity contribution in [1.29, 1.82) is 0 Å². The van der Waals surface area contributed by atoms with E-state index >= 15 is 0 Å². The van der Waals surface area contributed by atoms with E-state index in [1.807, 2.05) is 0 Å². The Morgan fingerprint density at radius 3 is 2.36 bits per heavy atom. The molecule has 0 fully saturated rings. The highest BCUT2D eigenvalue weighted by molar-refractivity contribution is 9.10. The number of primary sulfonamides is 1. The van der Waals surface area contributed by atoms with Gasteiger partial charge in [-0.25, -0.2) is 13.6 Å². The molecule has 0 aliphatic heterocycles. The molecule has 2 aromatic rings. The zero-order valence-corrected chi connectivity index (χ0v) is 16.4. The molecule has 1 amide bonds. The summed E-state index contributed by atoms with van der Waals surface area (Å²) in [5.74, 6) is -0.472. The van der Waals surface area contributed by atoms with E-state index in [1.54, 1.807) is 18.2 Å². The minimum atomic E-state index is -3.76. The molecule has 0 saturated carbocycles. The van der Waals surface area contributed by atoms with Gasteiger partial charge in [-0.2, -0.15) is 0 Å². The predicted octanol–water partition coefficient (Wildman–Crippen LogP) is 2.38. The van der Waals surface area contributed by atoms with Gasteiger partial charge in [0.1, 0.15) is 0 Å². The number of thiocarbonyl (C=S) groups is 1. The molecule has 7 nitrogen and oxygen atoms in total. The van der Waals surface area contributed by atoms with Crippen molar-refractivity contribution in [1.82, 2.24) is 10.9 Å². The number of anilines is 1. The van der Waals surface area contributed by atoms with Crippen LogP contribution in [0.1, 0.15) is 10.4 Å². The van der Waals surface area contributed by atoms with E-state index in [0.717, 1.165) is 0 Å². The third-order valence-corrected chi connectivity index (χ3v) is 4.86. The number of carbonyl (C=O) groups excluding carboxylic acids is 1. The Hall–Kier alpha value is -1.72. The van der Waals surface area contributed by atoms with Crippen molar-refractivity contribution < 1.29 is 13.2 Å². The van der Waals surface area contributed by atoms with Gasteiger partial charge in [-0.1, -0.05) is 27.5 Å². The molecule has 0 aromatic heterocycles. The molecule has 132 valence electrons. The number of nitrogens with one attached hydrogen (secondary N) is 3. The van der Waals surface area contributed by atoms with Crippen molar-refractivity contribution in [2.75, 3.05) is 5.32 Å². The summed E-state index contributed by atoms with van der Waals surface area (Å²) in [7, 11) is -3.76. The van der Waals surface area contributed by atoms with Crippen LogP contribution in [0.3, 0.4) is 0 Å². The Morgan fingerprint density at radius 1 is 1.12 bits per heavy atom. The average Bonchev–Trinajstić information content (AvgIpc) is 2.54. The zero-order chi connectivity index (χ0) is 18.6. The molecule has 0 heterocycles. The van der Waals surface area contributed by atoms with Crippen molar-refractivity contribution in [3.63, 3.8) is 0 Å². The van der Waals surface area contributed by atoms with Crippen LogP contribution in [0.4, 0.5) is 5.69 Å². The van der Waals surface area contributed by atoms with Gasteiger partial charge in [-0.15, -0.1) is 0 Å². The topological polar surface area (TPSA) is 113 Å². The summed E-state index contributed by atoms with van der Waals surface area (Å²) in [5.41, 5.74) is 5.71. The van der Waals surface area contributed by atoms with Crippen molar-refractivity contribution in [2.45, 2.75) is 4.90 Å². The molecule has 0 unspecified atom stereocenters. The van der Waals surface area contributed by atoms with Gasteiger partial charge in [0.2, 0.25) is 10.0 Å². The van der Waals surface area contributed by atoms with Gasteiger partial charge in [0.25, 0.3) is 5.91 Å². The van der Waals surface area contributed by atoms with E-state index in [2.05, 4.69) is 32.1 Å². The van der Waals surface area contributed by atoms with E-state index in [9.17, 15) is 13.2 Å². The van der Waals surface area contributed by atoms with E-state index in [4.69, 9.17) is 29.0 Å². The second-order valence-electron chi connectivity index (χ2n) is 4.73. The predicted molar refractivity (Wildman–Crippen MR) is 104 cm³/mol. The number of hydrogen-bond acceptors (Lipinski definition) is 4. The lowest BCUT2D eigenvalue weighted by molar-refractivity contribution is 0.0944. The monoisotopic (exact) mass is 462 g/mol. The summed E-state index contributed by atoms with van der Waals surface area (Å²) in [5, 5.41) is 8.19. The molecular formula is C14H12BrClN4O3S2. The first-order valence-electron chi connectivity index (χ1n) is 6.62. The number of sulfonamides is 1. The highest BCUT2D eigenvalue weighted by Gasteiger charge is 2.11. The number of rotatable bonds is 3. The van der Waals surface area contributed by atoms with Gasteiger partial charge in [0, 0.05) is 10.2 Å². The van der Waals surface area contributed by atoms with Crippen LogP contribution in [0.15, 0.2) is 51.8 Å². The van der Waals surface area contributed by atoms with Crippen LogP contribution in [0.5, 0.6) is 0 Å². The molecule has 25 heavy (non-hydrogen) atoms. The maximum absolute atomic E-state index is 12.1. The summed E-state index contributed by atoms with van der Waals surface area (Å²) in [6.07, 6.45) is 0. The third kappa shape index (κ3) is 5.65. The van der Waals surface area contributed by atoms with Crippen LogP contribution >= 0.6 is 39.7 Å². The van der Waals surface area contributed by atoms with E-state index < -0.39 is 15.9 Å². The second kappa shape index (κ2) is 8.11. The van der Waals surface area contributed by atoms with Crippen molar-refractivity contribution in [3.05, 3.63) is 57.5 Å². The van der Waals surface area contributed by atoms with Gasteiger partial charge in [-0.05, 0) is 54.7 Å². The lowest BCUT2D eigenvalue weighted by Crippen LogP contribution is -2.43. The van der Waals surface area contributed by atoms with Crippen LogP contribution in [0.25, 0.3) is 0 Å². The Labute approximate surface area is 163 Å². The van der Waals surface area contributed by atoms with Crippen molar-refractivity contribution in [3.8, 4) is 0 Å². The lowest BCUT2D eigenvalue weighted by Gasteiger charge is -2.12. The highest BCUT2D eigenvalue weighted by Crippen LogP contribution is 2.20. The van der Waals surface area contributed by atoms with Crippen LogP contribution in [0.2, 0.25) is 5.02 Å². The number of carbonyl (C=O) groups is 1. The van der Waals surface area contributed by atoms with E-state index in [-0.39, 0.29) is 15.6 Å². The summed E-state index contributed by atoms with van der Waals surface area (Å²) < 4.78 is 23.1. The third-order valence-electron chi connectivity index (χ3n) is 2.90. The largest absolute Gasteiger partial charge is 0.331 e. The fourth-order valence-electron chi connectivity index (χ4n) is 1.74. The van der Waals surface area contributed by atoms with Crippen molar-refractivity contribution in [2.24, 2.45) is 5.14 Å².